The number of carbonyl (C=O) groups is 1. The second kappa shape index (κ2) is 3.23. The number of nitrogens with zero attached hydrogens (tertiary/aromatic N) is 1. The zero-order valence-electron chi connectivity index (χ0n) is 8.93. The minimum Gasteiger partial charge on any atom is -0.452 e. The molecule has 2 aliphatic rings. The molecule has 0 spiro atoms. The number of methoxy groups -OCH3 is 1. The first-order valence-electron chi connectivity index (χ1n) is 5.18. The van der Waals surface area contributed by atoms with E-state index in [2.05, 4.69) is 18.2 Å². The molecule has 0 unspecified atom stereocenters. The quantitative estimate of drug-likeness (QED) is 0.662. The van der Waals surface area contributed by atoms with Gasteiger partial charge >= 0.3 is 6.09 Å². The van der Waals surface area contributed by atoms with Crippen molar-refractivity contribution in [2.75, 3.05) is 13.7 Å². The molecule has 0 fully saturated rings. The van der Waals surface area contributed by atoms with Crippen molar-refractivity contribution >= 4 is 17.7 Å². The number of hydrogen-bond donors (Lipinski definition) is 0. The van der Waals surface area contributed by atoms with Gasteiger partial charge in [0.1, 0.15) is 0 Å². The van der Waals surface area contributed by atoms with Crippen molar-refractivity contribution in [2.45, 2.75) is 0 Å². The molecular weight excluding hydrogens is 202 g/mol. The van der Waals surface area contributed by atoms with Gasteiger partial charge in [0.15, 0.2) is 0 Å². The number of ether oxygens (including phenoxy) is 1. The second-order valence-electron chi connectivity index (χ2n) is 3.82. The van der Waals surface area contributed by atoms with Crippen LogP contribution < -0.4 is 0 Å². The van der Waals surface area contributed by atoms with Crippen LogP contribution in [0.25, 0.3) is 11.6 Å². The maximum absolute atomic E-state index is 11.5. The molecule has 0 bridgehead atoms. The predicted molar refractivity (Wildman–Crippen MR) is 61.5 cm³/mol. The minimum absolute atomic E-state index is 0.301. The predicted octanol–water partition coefficient (Wildman–Crippen LogP) is 2.51. The molecule has 0 saturated carbocycles. The third kappa shape index (κ3) is 1.11. The van der Waals surface area contributed by atoms with Gasteiger partial charge in [-0.3, -0.25) is 4.90 Å². The van der Waals surface area contributed by atoms with Gasteiger partial charge in [-0.25, -0.2) is 4.79 Å². The monoisotopic (exact) mass is 213 g/mol. The first kappa shape index (κ1) is 9.21. The smallest absolute Gasteiger partial charge is 0.414 e. The molecule has 3 heteroatoms. The molecule has 80 valence electrons. The third-order valence-electron chi connectivity index (χ3n) is 2.98. The average Bonchev–Trinajstić information content (AvgIpc) is 2.86. The van der Waals surface area contributed by atoms with Gasteiger partial charge in [-0.05, 0) is 17.2 Å². The molecule has 1 aromatic rings. The van der Waals surface area contributed by atoms with Gasteiger partial charge in [-0.1, -0.05) is 30.3 Å². The Hall–Kier alpha value is -2.03. The first-order valence-corrected chi connectivity index (χ1v) is 5.18. The van der Waals surface area contributed by atoms with E-state index in [4.69, 9.17) is 4.74 Å². The lowest BCUT2D eigenvalue weighted by atomic mass is 10.1. The van der Waals surface area contributed by atoms with Gasteiger partial charge in [0.25, 0.3) is 0 Å². The lowest BCUT2D eigenvalue weighted by Crippen LogP contribution is -2.26. The lowest BCUT2D eigenvalue weighted by Gasteiger charge is -2.15. The maximum Gasteiger partial charge on any atom is 0.414 e. The van der Waals surface area contributed by atoms with E-state index < -0.39 is 0 Å². The number of amides is 1. The summed E-state index contributed by atoms with van der Waals surface area (Å²) in [7, 11) is 1.41. The van der Waals surface area contributed by atoms with Crippen LogP contribution in [-0.2, 0) is 4.74 Å². The summed E-state index contributed by atoms with van der Waals surface area (Å²) in [5, 5.41) is 0. The van der Waals surface area contributed by atoms with E-state index in [9.17, 15) is 4.79 Å². The Balaban J connectivity index is 2.04. The zero-order chi connectivity index (χ0) is 11.1. The minimum atomic E-state index is -0.301. The highest BCUT2D eigenvalue weighted by Gasteiger charge is 2.31. The Kier molecular flexibility index (Phi) is 1.86. The number of benzene rings is 1. The van der Waals surface area contributed by atoms with Crippen LogP contribution in [0.5, 0.6) is 0 Å². The highest BCUT2D eigenvalue weighted by atomic mass is 16.5. The zero-order valence-corrected chi connectivity index (χ0v) is 8.93. The molecule has 1 amide bonds. The van der Waals surface area contributed by atoms with E-state index in [1.54, 1.807) is 4.90 Å². The normalized spacial score (nSPS) is 16.4. The van der Waals surface area contributed by atoms with E-state index in [-0.39, 0.29) is 6.09 Å². The molecule has 16 heavy (non-hydrogen) atoms. The van der Waals surface area contributed by atoms with E-state index in [0.717, 1.165) is 16.8 Å². The van der Waals surface area contributed by atoms with E-state index in [1.807, 2.05) is 18.2 Å². The summed E-state index contributed by atoms with van der Waals surface area (Å²) in [6.07, 6.45) is 3.80. The first-order chi connectivity index (χ1) is 7.81. The van der Waals surface area contributed by atoms with Crippen molar-refractivity contribution in [3.05, 3.63) is 47.2 Å². The van der Waals surface area contributed by atoms with Gasteiger partial charge in [0.05, 0.1) is 12.8 Å². The van der Waals surface area contributed by atoms with Gasteiger partial charge in [-0.2, -0.15) is 0 Å². The molecule has 3 nitrogen and oxygen atoms in total. The number of hydrogen-bond acceptors (Lipinski definition) is 2. The Morgan fingerprint density at radius 3 is 3.00 bits per heavy atom. The number of fused-ring (bicyclic) bond motifs is 3. The molecular formula is C13H11NO2. The summed E-state index contributed by atoms with van der Waals surface area (Å²) in [6, 6.07) is 8.14. The van der Waals surface area contributed by atoms with E-state index in [0.29, 0.717) is 6.54 Å². The van der Waals surface area contributed by atoms with Crippen LogP contribution in [0.15, 0.2) is 36.0 Å². The molecule has 1 aromatic carbocycles. The topological polar surface area (TPSA) is 29.5 Å². The molecule has 0 atom stereocenters. The Bertz CT molecular complexity index is 528. The van der Waals surface area contributed by atoms with Crippen LogP contribution in [0.3, 0.4) is 0 Å². The van der Waals surface area contributed by atoms with Crippen LogP contribution in [0, 0.1) is 0 Å². The summed E-state index contributed by atoms with van der Waals surface area (Å²) < 4.78 is 4.75. The SMILES string of the molecule is COC(=O)N1CC=C2C1=Cc1ccccc12. The highest BCUT2D eigenvalue weighted by molar-refractivity contribution is 5.98. The van der Waals surface area contributed by atoms with E-state index >= 15 is 0 Å². The van der Waals surface area contributed by atoms with Crippen molar-refractivity contribution in [1.82, 2.24) is 4.90 Å². The fourth-order valence-corrected chi connectivity index (χ4v) is 2.23. The van der Waals surface area contributed by atoms with Crippen LogP contribution in [0.4, 0.5) is 4.79 Å². The summed E-state index contributed by atoms with van der Waals surface area (Å²) >= 11 is 0. The number of rotatable bonds is 0. The van der Waals surface area contributed by atoms with Gasteiger partial charge in [0.2, 0.25) is 0 Å². The maximum atomic E-state index is 11.5. The standard InChI is InChI=1S/C13H11NO2/c1-16-13(15)14-7-6-11-10-5-3-2-4-9(10)8-12(11)14/h2-6,8H,7H2,1H3. The van der Waals surface area contributed by atoms with Gasteiger partial charge < -0.3 is 4.74 Å². The second-order valence-corrected chi connectivity index (χ2v) is 3.82. The molecule has 1 aliphatic heterocycles. The third-order valence-corrected chi connectivity index (χ3v) is 2.98. The van der Waals surface area contributed by atoms with Crippen LogP contribution in [-0.4, -0.2) is 24.6 Å². The Morgan fingerprint density at radius 2 is 2.19 bits per heavy atom. The molecule has 1 heterocycles. The van der Waals surface area contributed by atoms with Gasteiger partial charge in [-0.15, -0.1) is 0 Å². The molecule has 0 N–H and O–H groups in total. The molecule has 0 saturated heterocycles. The fourth-order valence-electron chi connectivity index (χ4n) is 2.23. The number of carbonyl (C=O) groups excluding carboxylic acids is 1. The molecule has 3 rings (SSSR count). The van der Waals surface area contributed by atoms with Crippen LogP contribution >= 0.6 is 0 Å². The average molecular weight is 213 g/mol. The Labute approximate surface area is 93.6 Å². The molecule has 0 radical (unpaired) electrons. The fraction of sp³-hybridized carbons (Fsp3) is 0.154. The van der Waals surface area contributed by atoms with Crippen LogP contribution in [0.1, 0.15) is 11.1 Å². The lowest BCUT2D eigenvalue weighted by molar-refractivity contribution is 0.143. The molecule has 0 aromatic heterocycles. The van der Waals surface area contributed by atoms with Crippen molar-refractivity contribution in [3.63, 3.8) is 0 Å². The van der Waals surface area contributed by atoms with Crippen molar-refractivity contribution in [1.29, 1.82) is 0 Å². The van der Waals surface area contributed by atoms with Crippen molar-refractivity contribution < 1.29 is 9.53 Å². The largest absolute Gasteiger partial charge is 0.452 e. The summed E-state index contributed by atoms with van der Waals surface area (Å²) in [5.74, 6) is 0. The van der Waals surface area contributed by atoms with Crippen LogP contribution in [0.2, 0.25) is 0 Å². The highest BCUT2D eigenvalue weighted by Crippen LogP contribution is 2.40. The number of allylic oxidation sites excluding steroid dienone is 1. The molecule has 1 aliphatic carbocycles. The summed E-state index contributed by atoms with van der Waals surface area (Å²) in [6.45, 7) is 0.599. The Morgan fingerprint density at radius 1 is 1.38 bits per heavy atom. The summed E-state index contributed by atoms with van der Waals surface area (Å²) in [5.41, 5.74) is 4.45. The van der Waals surface area contributed by atoms with Crippen molar-refractivity contribution in [2.24, 2.45) is 0 Å². The van der Waals surface area contributed by atoms with Gasteiger partial charge in [0, 0.05) is 12.1 Å². The van der Waals surface area contributed by atoms with Crippen molar-refractivity contribution in [3.8, 4) is 0 Å². The van der Waals surface area contributed by atoms with E-state index in [1.165, 1.54) is 12.7 Å². The summed E-state index contributed by atoms with van der Waals surface area (Å²) in [4.78, 5) is 13.2.